The lowest BCUT2D eigenvalue weighted by atomic mass is 9.95. The molecule has 1 atom stereocenters. The van der Waals surface area contributed by atoms with Crippen LogP contribution in [-0.2, 0) is 20.0 Å². The minimum absolute atomic E-state index is 0.0573. The molecule has 1 aromatic heterocycles. The van der Waals surface area contributed by atoms with E-state index in [1.165, 1.54) is 17.2 Å². The molecule has 2 rings (SSSR count). The minimum atomic E-state index is -3.45. The first kappa shape index (κ1) is 26.0. The van der Waals surface area contributed by atoms with Crippen LogP contribution in [0, 0.1) is 0 Å². The van der Waals surface area contributed by atoms with E-state index in [2.05, 4.69) is 15.3 Å². The Morgan fingerprint density at radius 2 is 1.82 bits per heavy atom. The second-order valence-corrected chi connectivity index (χ2v) is 10.7. The topological polar surface area (TPSA) is 119 Å². The Kier molecular flexibility index (Phi) is 8.32. The van der Waals surface area contributed by atoms with E-state index in [9.17, 15) is 18.0 Å². The maximum Gasteiger partial charge on any atom is 0.258 e. The third-order valence-corrected chi connectivity index (χ3v) is 5.05. The number of rotatable bonds is 8. The highest BCUT2D eigenvalue weighted by atomic mass is 32.2. The van der Waals surface area contributed by atoms with Crippen molar-refractivity contribution in [1.29, 1.82) is 0 Å². The fraction of sp³-hybridized carbons (Fsp3) is 0.391. The van der Waals surface area contributed by atoms with E-state index in [-0.39, 0.29) is 29.2 Å². The molecule has 9 nitrogen and oxygen atoms in total. The summed E-state index contributed by atoms with van der Waals surface area (Å²) < 4.78 is 29.0. The second-order valence-electron chi connectivity index (χ2n) is 8.81. The largest absolute Gasteiger partial charge is 0.438 e. The zero-order chi connectivity index (χ0) is 24.8. The Morgan fingerprint density at radius 3 is 2.36 bits per heavy atom. The SMILES string of the molecule is CN(C)C(=O)C[C@@H](/C=C/S(C)(=O)=O)NC(=O)c1cnc(C(C)(C)C)nc1Oc1ccccc1. The molecule has 0 aliphatic rings. The smallest absolute Gasteiger partial charge is 0.258 e. The van der Waals surface area contributed by atoms with E-state index in [1.54, 1.807) is 38.4 Å². The first-order valence-corrected chi connectivity index (χ1v) is 12.2. The highest BCUT2D eigenvalue weighted by molar-refractivity contribution is 7.93. The summed E-state index contributed by atoms with van der Waals surface area (Å²) in [5.41, 5.74) is -0.329. The lowest BCUT2D eigenvalue weighted by Crippen LogP contribution is -2.38. The lowest BCUT2D eigenvalue weighted by Gasteiger charge is -2.20. The minimum Gasteiger partial charge on any atom is -0.438 e. The van der Waals surface area contributed by atoms with Crippen molar-refractivity contribution in [3.8, 4) is 11.6 Å². The highest BCUT2D eigenvalue weighted by Crippen LogP contribution is 2.26. The van der Waals surface area contributed by atoms with Crippen LogP contribution in [0.1, 0.15) is 43.4 Å². The van der Waals surface area contributed by atoms with Gasteiger partial charge in [0, 0.05) is 37.4 Å². The Morgan fingerprint density at radius 1 is 1.18 bits per heavy atom. The molecular formula is C23H30N4O5S. The third kappa shape index (κ3) is 8.30. The van der Waals surface area contributed by atoms with Crippen LogP contribution in [0.4, 0.5) is 0 Å². The number of hydrogen-bond acceptors (Lipinski definition) is 7. The van der Waals surface area contributed by atoms with Gasteiger partial charge in [-0.2, -0.15) is 4.98 Å². The Labute approximate surface area is 194 Å². The van der Waals surface area contributed by atoms with E-state index in [1.807, 2.05) is 26.8 Å². The molecule has 0 aliphatic carbocycles. The summed E-state index contributed by atoms with van der Waals surface area (Å²) in [7, 11) is -0.301. The second kappa shape index (κ2) is 10.6. The Bertz CT molecular complexity index is 1120. The average molecular weight is 475 g/mol. The van der Waals surface area contributed by atoms with Gasteiger partial charge in [0.1, 0.15) is 17.1 Å². The van der Waals surface area contributed by atoms with Gasteiger partial charge in [-0.3, -0.25) is 9.59 Å². The van der Waals surface area contributed by atoms with Gasteiger partial charge in [-0.15, -0.1) is 0 Å². The van der Waals surface area contributed by atoms with Crippen molar-refractivity contribution in [3.05, 3.63) is 59.4 Å². The van der Waals surface area contributed by atoms with Crippen LogP contribution in [0.15, 0.2) is 48.0 Å². The van der Waals surface area contributed by atoms with E-state index >= 15 is 0 Å². The lowest BCUT2D eigenvalue weighted by molar-refractivity contribution is -0.128. The predicted molar refractivity (Wildman–Crippen MR) is 126 cm³/mol. The normalized spacial score (nSPS) is 12.9. The van der Waals surface area contributed by atoms with E-state index in [0.717, 1.165) is 11.7 Å². The number of hydrogen-bond donors (Lipinski definition) is 1. The molecule has 0 saturated heterocycles. The standard InChI is InChI=1S/C23H30N4O5S/c1-23(2,3)22-24-15-18(21(26-22)32-17-10-8-7-9-11-17)20(29)25-16(12-13-33(6,30)31)14-19(28)27(4)5/h7-13,15-16H,14H2,1-6H3,(H,25,29)/b13-12+/t16-/m1/s1. The summed E-state index contributed by atoms with van der Waals surface area (Å²) in [6.07, 6.45) is 3.55. The maximum atomic E-state index is 13.1. The highest BCUT2D eigenvalue weighted by Gasteiger charge is 2.25. The summed E-state index contributed by atoms with van der Waals surface area (Å²) in [6.45, 7) is 5.81. The van der Waals surface area contributed by atoms with Crippen molar-refractivity contribution in [2.75, 3.05) is 20.4 Å². The third-order valence-electron chi connectivity index (χ3n) is 4.39. The molecular weight excluding hydrogens is 444 g/mol. The number of amides is 2. The first-order chi connectivity index (χ1) is 15.3. The van der Waals surface area contributed by atoms with Crippen LogP contribution in [0.2, 0.25) is 0 Å². The number of nitrogens with one attached hydrogen (secondary N) is 1. The number of carbonyl (C=O) groups is 2. The molecule has 33 heavy (non-hydrogen) atoms. The molecule has 0 unspecified atom stereocenters. The van der Waals surface area contributed by atoms with Crippen LogP contribution in [0.25, 0.3) is 0 Å². The van der Waals surface area contributed by atoms with Crippen LogP contribution in [0.5, 0.6) is 11.6 Å². The van der Waals surface area contributed by atoms with Gasteiger partial charge in [-0.1, -0.05) is 45.0 Å². The molecule has 0 radical (unpaired) electrons. The zero-order valence-corrected chi connectivity index (χ0v) is 20.5. The number of ether oxygens (including phenoxy) is 1. The van der Waals surface area contributed by atoms with E-state index in [0.29, 0.717) is 11.6 Å². The molecule has 2 aromatic rings. The van der Waals surface area contributed by atoms with Crippen LogP contribution in [0.3, 0.4) is 0 Å². The maximum absolute atomic E-state index is 13.1. The first-order valence-electron chi connectivity index (χ1n) is 10.3. The fourth-order valence-corrected chi connectivity index (χ4v) is 3.06. The number of benzene rings is 1. The van der Waals surface area contributed by atoms with Gasteiger partial charge >= 0.3 is 0 Å². The molecule has 0 bridgehead atoms. The summed E-state index contributed by atoms with van der Waals surface area (Å²) >= 11 is 0. The van der Waals surface area contributed by atoms with Gasteiger partial charge in [0.2, 0.25) is 11.8 Å². The van der Waals surface area contributed by atoms with Crippen molar-refractivity contribution >= 4 is 21.7 Å². The van der Waals surface area contributed by atoms with Crippen LogP contribution < -0.4 is 10.1 Å². The molecule has 2 amide bonds. The van der Waals surface area contributed by atoms with Crippen LogP contribution in [-0.4, -0.2) is 61.5 Å². The molecule has 178 valence electrons. The monoisotopic (exact) mass is 474 g/mol. The van der Waals surface area contributed by atoms with Gasteiger partial charge < -0.3 is 15.0 Å². The molecule has 1 N–H and O–H groups in total. The molecule has 10 heteroatoms. The predicted octanol–water partition coefficient (Wildman–Crippen LogP) is 2.70. The molecule has 0 spiro atoms. The Hall–Kier alpha value is -3.27. The fourth-order valence-electron chi connectivity index (χ4n) is 2.58. The van der Waals surface area contributed by atoms with Crippen molar-refractivity contribution < 1.29 is 22.7 Å². The van der Waals surface area contributed by atoms with Crippen molar-refractivity contribution in [2.24, 2.45) is 0 Å². The quantitative estimate of drug-likeness (QED) is 0.625. The molecule has 1 aromatic carbocycles. The van der Waals surface area contributed by atoms with Gasteiger partial charge in [0.25, 0.3) is 5.91 Å². The van der Waals surface area contributed by atoms with Crippen molar-refractivity contribution in [1.82, 2.24) is 20.2 Å². The summed E-state index contributed by atoms with van der Waals surface area (Å²) in [5, 5.41) is 3.64. The van der Waals surface area contributed by atoms with E-state index in [4.69, 9.17) is 4.74 Å². The Balaban J connectivity index is 2.41. The summed E-state index contributed by atoms with van der Waals surface area (Å²) in [4.78, 5) is 35.5. The van der Waals surface area contributed by atoms with Gasteiger partial charge in [0.15, 0.2) is 9.84 Å². The summed E-state index contributed by atoms with van der Waals surface area (Å²) in [5.74, 6) is 0.153. The number of carbonyl (C=O) groups excluding carboxylic acids is 2. The number of sulfone groups is 1. The molecule has 1 heterocycles. The number of para-hydroxylation sites is 1. The van der Waals surface area contributed by atoms with Gasteiger partial charge in [-0.05, 0) is 12.1 Å². The molecule has 0 saturated carbocycles. The van der Waals surface area contributed by atoms with Gasteiger partial charge in [0.05, 0.1) is 12.5 Å². The number of aromatic nitrogens is 2. The van der Waals surface area contributed by atoms with Crippen LogP contribution >= 0.6 is 0 Å². The van der Waals surface area contributed by atoms with E-state index < -0.39 is 21.8 Å². The van der Waals surface area contributed by atoms with Crippen molar-refractivity contribution in [3.63, 3.8) is 0 Å². The van der Waals surface area contributed by atoms with Gasteiger partial charge in [-0.25, -0.2) is 13.4 Å². The van der Waals surface area contributed by atoms with Crippen molar-refractivity contribution in [2.45, 2.75) is 38.6 Å². The zero-order valence-electron chi connectivity index (χ0n) is 19.7. The molecule has 0 fully saturated rings. The summed E-state index contributed by atoms with van der Waals surface area (Å²) in [6, 6.07) is 8.01. The average Bonchev–Trinajstić information content (AvgIpc) is 2.71. The number of nitrogens with zero attached hydrogens (tertiary/aromatic N) is 3. The molecule has 0 aliphatic heterocycles.